The van der Waals surface area contributed by atoms with Gasteiger partial charge < -0.3 is 15.2 Å². The van der Waals surface area contributed by atoms with Crippen LogP contribution in [0.1, 0.15) is 20.7 Å². The monoisotopic (exact) mass is 458 g/mol. The number of carboxylic acid groups (broad SMARTS) is 1. The van der Waals surface area contributed by atoms with Gasteiger partial charge in [0.1, 0.15) is 5.75 Å². The van der Waals surface area contributed by atoms with Crippen LogP contribution >= 0.6 is 28.1 Å². The highest BCUT2D eigenvalue weighted by Crippen LogP contribution is 2.36. The zero-order valence-corrected chi connectivity index (χ0v) is 17.1. The van der Waals surface area contributed by atoms with Gasteiger partial charge >= 0.3 is 5.97 Å². The van der Waals surface area contributed by atoms with Gasteiger partial charge in [-0.3, -0.25) is 10.1 Å². The number of nitrogens with one attached hydrogen (secondary N) is 2. The molecule has 0 bridgehead atoms. The van der Waals surface area contributed by atoms with Crippen LogP contribution in [0.25, 0.3) is 10.8 Å². The molecule has 1 amide bonds. The summed E-state index contributed by atoms with van der Waals surface area (Å²) in [6, 6.07) is 15.4. The van der Waals surface area contributed by atoms with Gasteiger partial charge in [-0.1, -0.05) is 24.3 Å². The molecule has 3 aromatic carbocycles. The first kappa shape index (κ1) is 19.8. The number of rotatable bonds is 4. The van der Waals surface area contributed by atoms with Crippen LogP contribution in [0.2, 0.25) is 0 Å². The van der Waals surface area contributed by atoms with Crippen molar-refractivity contribution in [1.29, 1.82) is 0 Å². The molecule has 0 spiro atoms. The minimum Gasteiger partial charge on any atom is -0.495 e. The molecule has 3 N–H and O–H groups in total. The second kappa shape index (κ2) is 8.37. The maximum Gasteiger partial charge on any atom is 0.335 e. The minimum atomic E-state index is -1.02. The fourth-order valence-electron chi connectivity index (χ4n) is 2.68. The second-order valence-corrected chi connectivity index (χ2v) is 6.98. The van der Waals surface area contributed by atoms with Crippen LogP contribution in [0, 0.1) is 0 Å². The topological polar surface area (TPSA) is 87.7 Å². The highest BCUT2D eigenvalue weighted by Gasteiger charge is 2.19. The molecule has 3 aromatic rings. The molecule has 0 aliphatic carbocycles. The maximum absolute atomic E-state index is 12.7. The first-order chi connectivity index (χ1) is 13.4. The lowest BCUT2D eigenvalue weighted by Crippen LogP contribution is -2.34. The summed E-state index contributed by atoms with van der Waals surface area (Å²) in [5, 5.41) is 16.3. The number of carboxylic acids is 1. The minimum absolute atomic E-state index is 0.0828. The second-order valence-electron chi connectivity index (χ2n) is 5.78. The number of hydrogen-bond donors (Lipinski definition) is 3. The Hall–Kier alpha value is -2.97. The van der Waals surface area contributed by atoms with E-state index in [-0.39, 0.29) is 10.7 Å². The number of ether oxygens (including phenoxy) is 1. The molecule has 0 aliphatic heterocycles. The average Bonchev–Trinajstić information content (AvgIpc) is 2.68. The van der Waals surface area contributed by atoms with Crippen LogP contribution in [0.4, 0.5) is 5.69 Å². The molecule has 0 atom stereocenters. The Morgan fingerprint density at radius 3 is 2.43 bits per heavy atom. The highest BCUT2D eigenvalue weighted by atomic mass is 79.9. The smallest absolute Gasteiger partial charge is 0.335 e. The molecule has 3 rings (SSSR count). The Morgan fingerprint density at radius 2 is 1.79 bits per heavy atom. The van der Waals surface area contributed by atoms with Crippen LogP contribution in [0.3, 0.4) is 0 Å². The summed E-state index contributed by atoms with van der Waals surface area (Å²) in [4.78, 5) is 23.6. The molecule has 6 nitrogen and oxygen atoms in total. The summed E-state index contributed by atoms with van der Waals surface area (Å²) in [7, 11) is 1.49. The third-order valence-corrected chi connectivity index (χ3v) is 5.00. The van der Waals surface area contributed by atoms with Crippen LogP contribution in [0.5, 0.6) is 5.75 Å². The van der Waals surface area contributed by atoms with Gasteiger partial charge in [-0.05, 0) is 69.3 Å². The molecular weight excluding hydrogens is 444 g/mol. The lowest BCUT2D eigenvalue weighted by Gasteiger charge is -2.14. The van der Waals surface area contributed by atoms with E-state index in [2.05, 4.69) is 26.6 Å². The number of carbonyl (C=O) groups is 2. The van der Waals surface area contributed by atoms with E-state index >= 15 is 0 Å². The summed E-state index contributed by atoms with van der Waals surface area (Å²) in [5.41, 5.74) is 1.05. The quantitative estimate of drug-likeness (QED) is 0.501. The standard InChI is InChI=1S/C20H15BrN2O4S/c1-27-17-15(10-12-4-2-3-5-14(12)16(17)21)18(24)23-20(28)22-13-8-6-11(7-9-13)19(25)26/h2-10H,1H3,(H,25,26)(H2,22,23,24,28). The van der Waals surface area contributed by atoms with Crippen molar-refractivity contribution in [2.45, 2.75) is 0 Å². The maximum atomic E-state index is 12.7. The number of aromatic carboxylic acids is 1. The third kappa shape index (κ3) is 4.13. The van der Waals surface area contributed by atoms with Crippen LogP contribution in [-0.2, 0) is 0 Å². The molecule has 0 fully saturated rings. The van der Waals surface area contributed by atoms with Crippen molar-refractivity contribution < 1.29 is 19.4 Å². The highest BCUT2D eigenvalue weighted by molar-refractivity contribution is 9.10. The van der Waals surface area contributed by atoms with Crippen molar-refractivity contribution in [2.24, 2.45) is 0 Å². The molecule has 0 unspecified atom stereocenters. The average molecular weight is 459 g/mol. The zero-order chi connectivity index (χ0) is 20.3. The van der Waals surface area contributed by atoms with Gasteiger partial charge in [0.15, 0.2) is 5.11 Å². The van der Waals surface area contributed by atoms with Crippen LogP contribution < -0.4 is 15.4 Å². The molecule has 142 valence electrons. The Labute approximate surface area is 174 Å². The first-order valence-corrected chi connectivity index (χ1v) is 9.31. The van der Waals surface area contributed by atoms with E-state index < -0.39 is 11.9 Å². The van der Waals surface area contributed by atoms with Gasteiger partial charge in [0.2, 0.25) is 0 Å². The molecule has 0 heterocycles. The lowest BCUT2D eigenvalue weighted by atomic mass is 10.1. The molecule has 0 radical (unpaired) electrons. The van der Waals surface area contributed by atoms with Gasteiger partial charge in [0.25, 0.3) is 5.91 Å². The first-order valence-electron chi connectivity index (χ1n) is 8.11. The van der Waals surface area contributed by atoms with Crippen molar-refractivity contribution in [1.82, 2.24) is 5.32 Å². The summed E-state index contributed by atoms with van der Waals surface area (Å²) >= 11 is 8.69. The van der Waals surface area contributed by atoms with Crippen molar-refractivity contribution in [2.75, 3.05) is 12.4 Å². The van der Waals surface area contributed by atoms with Gasteiger partial charge in [-0.15, -0.1) is 0 Å². The fourth-order valence-corrected chi connectivity index (χ4v) is 3.63. The molecule has 0 saturated carbocycles. The van der Waals surface area contributed by atoms with Crippen molar-refractivity contribution in [3.8, 4) is 5.75 Å². The Balaban J connectivity index is 1.80. The van der Waals surface area contributed by atoms with E-state index in [0.29, 0.717) is 21.5 Å². The summed E-state index contributed by atoms with van der Waals surface area (Å²) < 4.78 is 6.10. The van der Waals surface area contributed by atoms with E-state index in [9.17, 15) is 9.59 Å². The number of hydrogen-bond acceptors (Lipinski definition) is 4. The molecule has 0 aromatic heterocycles. The molecule has 0 aliphatic rings. The lowest BCUT2D eigenvalue weighted by molar-refractivity contribution is 0.0696. The predicted octanol–water partition coefficient (Wildman–Crippen LogP) is 4.44. The predicted molar refractivity (Wildman–Crippen MR) is 115 cm³/mol. The van der Waals surface area contributed by atoms with Crippen molar-refractivity contribution in [3.63, 3.8) is 0 Å². The SMILES string of the molecule is COc1c(C(=O)NC(=S)Nc2ccc(C(=O)O)cc2)cc2ccccc2c1Br. The van der Waals surface area contributed by atoms with Crippen LogP contribution in [0.15, 0.2) is 59.1 Å². The van der Waals surface area contributed by atoms with Gasteiger partial charge in [0, 0.05) is 5.69 Å². The Bertz CT molecular complexity index is 1080. The Morgan fingerprint density at radius 1 is 1.11 bits per heavy atom. The zero-order valence-electron chi connectivity index (χ0n) is 14.7. The van der Waals surface area contributed by atoms with E-state index in [1.54, 1.807) is 18.2 Å². The Kier molecular flexibility index (Phi) is 5.91. The normalized spacial score (nSPS) is 10.4. The van der Waals surface area contributed by atoms with Crippen molar-refractivity contribution >= 4 is 61.6 Å². The number of fused-ring (bicyclic) bond motifs is 1. The summed E-state index contributed by atoms with van der Waals surface area (Å²) in [6.45, 7) is 0. The molecular formula is C20H15BrN2O4S. The number of benzene rings is 3. The molecule has 28 heavy (non-hydrogen) atoms. The summed E-state index contributed by atoms with van der Waals surface area (Å²) in [5.74, 6) is -1.04. The number of anilines is 1. The fraction of sp³-hybridized carbons (Fsp3) is 0.0500. The van der Waals surface area contributed by atoms with E-state index in [1.165, 1.54) is 19.2 Å². The number of thiocarbonyl (C=S) groups is 1. The third-order valence-electron chi connectivity index (χ3n) is 4.01. The van der Waals surface area contributed by atoms with E-state index in [1.807, 2.05) is 24.3 Å². The molecule has 0 saturated heterocycles. The largest absolute Gasteiger partial charge is 0.495 e. The number of halogens is 1. The number of methoxy groups -OCH3 is 1. The van der Waals surface area contributed by atoms with Gasteiger partial charge in [0.05, 0.1) is 22.7 Å². The number of carbonyl (C=O) groups excluding carboxylic acids is 1. The number of amides is 1. The van der Waals surface area contributed by atoms with Gasteiger partial charge in [-0.25, -0.2) is 4.79 Å². The molecule has 8 heteroatoms. The van der Waals surface area contributed by atoms with E-state index in [4.69, 9.17) is 22.1 Å². The summed E-state index contributed by atoms with van der Waals surface area (Å²) in [6.07, 6.45) is 0. The van der Waals surface area contributed by atoms with Crippen LogP contribution in [-0.4, -0.2) is 29.2 Å². The van der Waals surface area contributed by atoms with Gasteiger partial charge in [-0.2, -0.15) is 0 Å². The van der Waals surface area contributed by atoms with E-state index in [0.717, 1.165) is 10.8 Å². The van der Waals surface area contributed by atoms with Crippen molar-refractivity contribution in [3.05, 3.63) is 70.2 Å².